The number of carbonyl (C=O) groups excluding carboxylic acids is 1. The van der Waals surface area contributed by atoms with Crippen LogP contribution in [0.3, 0.4) is 0 Å². The fraction of sp³-hybridized carbons (Fsp3) is 0.208. The number of amides is 1. The highest BCUT2D eigenvalue weighted by Gasteiger charge is 2.15. The van der Waals surface area contributed by atoms with Gasteiger partial charge in [-0.05, 0) is 42.9 Å². The molecule has 2 heterocycles. The zero-order chi connectivity index (χ0) is 20.2. The van der Waals surface area contributed by atoms with Gasteiger partial charge in [0.1, 0.15) is 0 Å². The standard InChI is InChI=1S/C24H24N4O/c1-3-28(4-2)16-18-8-5-12-21-20-11-6-10-19(14-22(20)27-23(18)21)26-24(29)17-9-7-13-25-15-17/h5-15H,3-4,16H2,1-2H3,(H,26,29). The second kappa shape index (κ2) is 8.37. The van der Waals surface area contributed by atoms with Crippen molar-refractivity contribution in [2.45, 2.75) is 20.4 Å². The van der Waals surface area contributed by atoms with E-state index in [1.807, 2.05) is 18.2 Å². The Morgan fingerprint density at radius 1 is 1.03 bits per heavy atom. The topological polar surface area (TPSA) is 58.1 Å². The van der Waals surface area contributed by atoms with Crippen LogP contribution in [-0.4, -0.2) is 33.9 Å². The predicted octanol–water partition coefficient (Wildman–Crippen LogP) is 4.83. The maximum Gasteiger partial charge on any atom is 0.257 e. The molecule has 1 aliphatic carbocycles. The van der Waals surface area contributed by atoms with Crippen LogP contribution in [0.1, 0.15) is 29.8 Å². The summed E-state index contributed by atoms with van der Waals surface area (Å²) in [6, 6.07) is 17.7. The van der Waals surface area contributed by atoms with E-state index in [2.05, 4.69) is 53.3 Å². The van der Waals surface area contributed by atoms with Gasteiger partial charge in [0.15, 0.2) is 0 Å². The largest absolute Gasteiger partial charge is 0.322 e. The monoisotopic (exact) mass is 384 g/mol. The van der Waals surface area contributed by atoms with Crippen LogP contribution in [0.15, 0.2) is 67.0 Å². The van der Waals surface area contributed by atoms with Crippen molar-refractivity contribution in [1.29, 1.82) is 0 Å². The molecule has 4 rings (SSSR count). The summed E-state index contributed by atoms with van der Waals surface area (Å²) in [5.74, 6) is -0.184. The molecule has 0 saturated heterocycles. The molecule has 0 radical (unpaired) electrons. The van der Waals surface area contributed by atoms with E-state index < -0.39 is 0 Å². The number of hydrogen-bond acceptors (Lipinski definition) is 4. The second-order valence-electron chi connectivity index (χ2n) is 7.01. The van der Waals surface area contributed by atoms with Gasteiger partial charge in [-0.2, -0.15) is 0 Å². The van der Waals surface area contributed by atoms with Crippen LogP contribution in [0.25, 0.3) is 22.2 Å². The number of rotatable bonds is 6. The molecule has 0 spiro atoms. The molecule has 1 N–H and O–H groups in total. The van der Waals surface area contributed by atoms with Crippen LogP contribution in [0.2, 0.25) is 0 Å². The third-order valence-electron chi connectivity index (χ3n) is 5.22. The Bertz CT molecular complexity index is 1110. The van der Waals surface area contributed by atoms with E-state index >= 15 is 0 Å². The Labute approximate surface area is 170 Å². The summed E-state index contributed by atoms with van der Waals surface area (Å²) in [5, 5.41) is 4.10. The normalized spacial score (nSPS) is 11.3. The summed E-state index contributed by atoms with van der Waals surface area (Å²) in [5.41, 5.74) is 5.46. The zero-order valence-corrected chi connectivity index (χ0v) is 16.7. The number of aromatic nitrogens is 2. The van der Waals surface area contributed by atoms with Crippen molar-refractivity contribution < 1.29 is 4.79 Å². The lowest BCUT2D eigenvalue weighted by Crippen LogP contribution is -2.22. The van der Waals surface area contributed by atoms with Gasteiger partial charge in [-0.1, -0.05) is 44.2 Å². The lowest BCUT2D eigenvalue weighted by atomic mass is 10.1. The molecule has 1 aromatic heterocycles. The number of anilines is 1. The number of carbonyl (C=O) groups is 1. The lowest BCUT2D eigenvalue weighted by molar-refractivity contribution is 0.102. The Morgan fingerprint density at radius 2 is 1.86 bits per heavy atom. The van der Waals surface area contributed by atoms with Crippen LogP contribution >= 0.6 is 0 Å². The molecule has 0 unspecified atom stereocenters. The molecule has 5 heteroatoms. The van der Waals surface area contributed by atoms with Crippen molar-refractivity contribution in [1.82, 2.24) is 14.9 Å². The third-order valence-corrected chi connectivity index (χ3v) is 5.22. The molecule has 0 fully saturated rings. The van der Waals surface area contributed by atoms with E-state index in [1.165, 1.54) is 5.56 Å². The van der Waals surface area contributed by atoms with E-state index in [-0.39, 0.29) is 5.91 Å². The van der Waals surface area contributed by atoms with Gasteiger partial charge in [0, 0.05) is 35.6 Å². The Kier molecular flexibility index (Phi) is 5.49. The summed E-state index contributed by atoms with van der Waals surface area (Å²) in [6.07, 6.45) is 3.21. The molecule has 2 aromatic rings. The molecule has 2 aliphatic rings. The van der Waals surface area contributed by atoms with Crippen LogP contribution in [-0.2, 0) is 6.54 Å². The SMILES string of the molecule is CCN(CC)Cc1cccc2c3cccc(NC(=O)c4cccnc4)cc-3nc12. The van der Waals surface area contributed by atoms with Crippen molar-refractivity contribution in [2.24, 2.45) is 0 Å². The van der Waals surface area contributed by atoms with E-state index in [0.717, 1.165) is 41.8 Å². The molecule has 0 atom stereocenters. The smallest absolute Gasteiger partial charge is 0.257 e. The average molecular weight is 384 g/mol. The minimum absolute atomic E-state index is 0.184. The number of benzene rings is 1. The Hall–Kier alpha value is -3.31. The van der Waals surface area contributed by atoms with Crippen molar-refractivity contribution in [3.05, 3.63) is 78.1 Å². The first-order valence-corrected chi connectivity index (χ1v) is 9.94. The summed E-state index contributed by atoms with van der Waals surface area (Å²) in [7, 11) is 0. The number of nitrogens with zero attached hydrogens (tertiary/aromatic N) is 3. The minimum Gasteiger partial charge on any atom is -0.322 e. The number of pyridine rings is 1. The van der Waals surface area contributed by atoms with E-state index in [9.17, 15) is 4.79 Å². The molecule has 29 heavy (non-hydrogen) atoms. The number of hydrogen-bond donors (Lipinski definition) is 1. The quantitative estimate of drug-likeness (QED) is 0.517. The van der Waals surface area contributed by atoms with Gasteiger partial charge in [0.25, 0.3) is 5.91 Å². The molecular formula is C24H24N4O. The first-order valence-electron chi connectivity index (χ1n) is 9.94. The lowest BCUT2D eigenvalue weighted by Gasteiger charge is -2.18. The van der Waals surface area contributed by atoms with Crippen LogP contribution in [0.5, 0.6) is 0 Å². The Morgan fingerprint density at radius 3 is 2.62 bits per heavy atom. The summed E-state index contributed by atoms with van der Waals surface area (Å²) < 4.78 is 0. The zero-order valence-electron chi connectivity index (χ0n) is 16.7. The van der Waals surface area contributed by atoms with Crippen molar-refractivity contribution in [3.63, 3.8) is 0 Å². The van der Waals surface area contributed by atoms with Crippen molar-refractivity contribution in [2.75, 3.05) is 18.4 Å². The molecule has 0 saturated carbocycles. The molecule has 1 aromatic carbocycles. The van der Waals surface area contributed by atoms with Gasteiger partial charge in [-0.15, -0.1) is 0 Å². The Balaban J connectivity index is 1.71. The van der Waals surface area contributed by atoms with Gasteiger partial charge >= 0.3 is 0 Å². The first-order chi connectivity index (χ1) is 14.2. The number of para-hydroxylation sites is 1. The van der Waals surface area contributed by atoms with E-state index in [0.29, 0.717) is 11.3 Å². The average Bonchev–Trinajstić information content (AvgIpc) is 2.98. The molecule has 146 valence electrons. The molecule has 1 amide bonds. The third kappa shape index (κ3) is 3.96. The first kappa shape index (κ1) is 19.0. The summed E-state index contributed by atoms with van der Waals surface area (Å²) in [6.45, 7) is 7.25. The van der Waals surface area contributed by atoms with Crippen molar-refractivity contribution >= 4 is 22.5 Å². The van der Waals surface area contributed by atoms with Gasteiger partial charge in [0.05, 0.1) is 16.8 Å². The van der Waals surface area contributed by atoms with Crippen molar-refractivity contribution in [3.8, 4) is 11.3 Å². The minimum atomic E-state index is -0.184. The van der Waals surface area contributed by atoms with E-state index in [4.69, 9.17) is 4.98 Å². The molecular weight excluding hydrogens is 360 g/mol. The fourth-order valence-corrected chi connectivity index (χ4v) is 3.58. The van der Waals surface area contributed by atoms with Gasteiger partial charge in [0.2, 0.25) is 0 Å². The van der Waals surface area contributed by atoms with Gasteiger partial charge in [-0.3, -0.25) is 14.7 Å². The van der Waals surface area contributed by atoms with E-state index in [1.54, 1.807) is 24.5 Å². The summed E-state index contributed by atoms with van der Waals surface area (Å²) in [4.78, 5) is 23.8. The van der Waals surface area contributed by atoms with Crippen LogP contribution < -0.4 is 5.32 Å². The van der Waals surface area contributed by atoms with Gasteiger partial charge in [-0.25, -0.2) is 4.98 Å². The highest BCUT2D eigenvalue weighted by atomic mass is 16.1. The van der Waals surface area contributed by atoms with Gasteiger partial charge < -0.3 is 5.32 Å². The molecule has 5 nitrogen and oxygen atoms in total. The van der Waals surface area contributed by atoms with Crippen LogP contribution in [0.4, 0.5) is 5.69 Å². The maximum absolute atomic E-state index is 12.5. The number of nitrogens with one attached hydrogen (secondary N) is 1. The molecule has 0 bridgehead atoms. The maximum atomic E-state index is 12.5. The summed E-state index contributed by atoms with van der Waals surface area (Å²) >= 11 is 0. The highest BCUT2D eigenvalue weighted by molar-refractivity contribution is 6.05. The number of fused-ring (bicyclic) bond motifs is 3. The second-order valence-corrected chi connectivity index (χ2v) is 7.01. The van der Waals surface area contributed by atoms with Crippen LogP contribution in [0, 0.1) is 0 Å². The molecule has 1 aliphatic heterocycles. The highest BCUT2D eigenvalue weighted by Crippen LogP contribution is 2.33. The fourth-order valence-electron chi connectivity index (χ4n) is 3.58. The predicted molar refractivity (Wildman–Crippen MR) is 117 cm³/mol.